The van der Waals surface area contributed by atoms with Crippen molar-refractivity contribution in [2.45, 2.75) is 47.1 Å². The number of aromatic nitrogens is 4. The number of nitrogens with zero attached hydrogens (tertiary/aromatic N) is 4. The van der Waals surface area contributed by atoms with Crippen LogP contribution in [0.3, 0.4) is 0 Å². The Morgan fingerprint density at radius 1 is 1.06 bits per heavy atom. The summed E-state index contributed by atoms with van der Waals surface area (Å²) in [5.74, 6) is -0.136. The highest BCUT2D eigenvalue weighted by atomic mass is 35.5. The summed E-state index contributed by atoms with van der Waals surface area (Å²) < 4.78 is 34.2. The van der Waals surface area contributed by atoms with Crippen LogP contribution in [-0.2, 0) is 6.61 Å². The predicted molar refractivity (Wildman–Crippen MR) is 135 cm³/mol. The third-order valence-corrected chi connectivity index (χ3v) is 6.10. The van der Waals surface area contributed by atoms with Crippen molar-refractivity contribution in [3.8, 4) is 22.8 Å². The van der Waals surface area contributed by atoms with E-state index in [-0.39, 0.29) is 35.1 Å². The normalized spacial score (nSPS) is 11.2. The summed E-state index contributed by atoms with van der Waals surface area (Å²) >= 11 is 6.52. The maximum Gasteiger partial charge on any atom is 0.264 e. The molecule has 4 rings (SSSR count). The molecule has 0 saturated heterocycles. The van der Waals surface area contributed by atoms with E-state index in [0.717, 1.165) is 34.8 Å². The van der Waals surface area contributed by atoms with Gasteiger partial charge in [-0.2, -0.15) is 4.98 Å². The van der Waals surface area contributed by atoms with Gasteiger partial charge in [0.05, 0.1) is 22.0 Å². The molecule has 0 aliphatic rings. The second kappa shape index (κ2) is 10.1. The molecule has 0 aliphatic carbocycles. The second-order valence-corrected chi connectivity index (χ2v) is 9.24. The summed E-state index contributed by atoms with van der Waals surface area (Å²) in [6.45, 7) is 8.99. The van der Waals surface area contributed by atoms with E-state index in [1.165, 1.54) is 10.6 Å². The first kappa shape index (κ1) is 25.4. The van der Waals surface area contributed by atoms with Gasteiger partial charge in [-0.1, -0.05) is 31.5 Å². The van der Waals surface area contributed by atoms with Crippen LogP contribution >= 0.6 is 11.6 Å². The minimum atomic E-state index is -0.734. The highest BCUT2D eigenvalue weighted by Crippen LogP contribution is 2.30. The maximum atomic E-state index is 14.0. The molecular weight excluding hydrogens is 486 g/mol. The molecule has 0 saturated carbocycles. The fourth-order valence-electron chi connectivity index (χ4n) is 3.75. The molecule has 0 N–H and O–H groups in total. The third-order valence-electron chi connectivity index (χ3n) is 5.78. The number of benzene rings is 2. The van der Waals surface area contributed by atoms with Crippen molar-refractivity contribution >= 4 is 11.6 Å². The van der Waals surface area contributed by atoms with E-state index in [2.05, 4.69) is 9.97 Å². The van der Waals surface area contributed by atoms with Crippen LogP contribution < -0.4 is 10.3 Å². The molecule has 4 aromatic rings. The van der Waals surface area contributed by atoms with Gasteiger partial charge < -0.3 is 4.74 Å². The average Bonchev–Trinajstić information content (AvgIpc) is 2.83. The van der Waals surface area contributed by atoms with Gasteiger partial charge in [-0.05, 0) is 50.6 Å². The number of ether oxygens (including phenoxy) is 1. The number of aryl methyl sites for hydroxylation is 2. The lowest BCUT2D eigenvalue weighted by Crippen LogP contribution is -2.25. The van der Waals surface area contributed by atoms with Gasteiger partial charge >= 0.3 is 0 Å². The molecule has 2 aromatic heterocycles. The van der Waals surface area contributed by atoms with Crippen LogP contribution in [0.15, 0.2) is 47.4 Å². The molecule has 2 heterocycles. The Morgan fingerprint density at radius 3 is 2.50 bits per heavy atom. The molecule has 0 fully saturated rings. The number of rotatable bonds is 6. The lowest BCUT2D eigenvalue weighted by Gasteiger charge is -2.17. The van der Waals surface area contributed by atoms with Crippen molar-refractivity contribution < 1.29 is 13.5 Å². The maximum absolute atomic E-state index is 14.0. The fraction of sp³-hybridized carbons (Fsp3) is 0.259. The molecule has 6 nitrogen and oxygen atoms in total. The second-order valence-electron chi connectivity index (χ2n) is 8.83. The van der Waals surface area contributed by atoms with E-state index in [9.17, 15) is 13.6 Å². The number of halogens is 3. The van der Waals surface area contributed by atoms with Gasteiger partial charge in [-0.15, -0.1) is 0 Å². The summed E-state index contributed by atoms with van der Waals surface area (Å²) in [5, 5.41) is 0.364. The van der Waals surface area contributed by atoms with Crippen LogP contribution in [0.25, 0.3) is 16.9 Å². The molecule has 0 bridgehead atoms. The fourth-order valence-corrected chi connectivity index (χ4v) is 3.96. The lowest BCUT2D eigenvalue weighted by atomic mass is 10.1. The van der Waals surface area contributed by atoms with Crippen molar-refractivity contribution in [1.29, 1.82) is 0 Å². The van der Waals surface area contributed by atoms with Crippen LogP contribution in [0.4, 0.5) is 8.78 Å². The van der Waals surface area contributed by atoms with E-state index < -0.39 is 11.6 Å². The van der Waals surface area contributed by atoms with E-state index in [1.54, 1.807) is 32.2 Å². The minimum Gasteiger partial charge on any atom is -0.472 e. The third kappa shape index (κ3) is 4.99. The largest absolute Gasteiger partial charge is 0.472 e. The topological polar surface area (TPSA) is 69.9 Å². The lowest BCUT2D eigenvalue weighted by molar-refractivity contribution is 0.283. The number of hydrogen-bond acceptors (Lipinski definition) is 5. The molecule has 36 heavy (non-hydrogen) atoms. The zero-order chi connectivity index (χ0) is 26.1. The molecule has 186 valence electrons. The van der Waals surface area contributed by atoms with Gasteiger partial charge in [0.25, 0.3) is 5.56 Å². The van der Waals surface area contributed by atoms with Crippen LogP contribution in [0.5, 0.6) is 5.88 Å². The molecule has 2 aromatic carbocycles. The Kier molecular flexibility index (Phi) is 7.17. The monoisotopic (exact) mass is 510 g/mol. The summed E-state index contributed by atoms with van der Waals surface area (Å²) in [6, 6.07) is 8.57. The molecule has 0 aliphatic heterocycles. The van der Waals surface area contributed by atoms with Crippen molar-refractivity contribution in [3.05, 3.63) is 97.9 Å². The molecule has 0 spiro atoms. The van der Waals surface area contributed by atoms with Crippen molar-refractivity contribution in [2.24, 2.45) is 0 Å². The SMILES string of the molecule is Cc1cnc(C(C)C)nc1-c1ccc(Cl)c(-n2c(C)nc(OCc3ccc(F)cc3F)c(C)c2=O)c1. The summed E-state index contributed by atoms with van der Waals surface area (Å²) in [7, 11) is 0. The molecule has 0 atom stereocenters. The Hall–Kier alpha value is -3.65. The van der Waals surface area contributed by atoms with Gasteiger partial charge in [-0.3, -0.25) is 9.36 Å². The average molecular weight is 511 g/mol. The standard InChI is InChI=1S/C27H25ClF2N4O2/c1-14(2)25-31-12-15(3)24(33-25)18-7-9-21(28)23(10-18)34-17(5)32-26(16(4)27(34)35)36-13-19-6-8-20(29)11-22(19)30/h6-12,14H,13H2,1-5H3. The van der Waals surface area contributed by atoms with Gasteiger partial charge in [0.1, 0.15) is 29.9 Å². The smallest absolute Gasteiger partial charge is 0.264 e. The first-order chi connectivity index (χ1) is 17.1. The highest BCUT2D eigenvalue weighted by molar-refractivity contribution is 6.32. The Bertz CT molecular complexity index is 1520. The molecule has 0 unspecified atom stereocenters. The molecular formula is C27H25ClF2N4O2. The van der Waals surface area contributed by atoms with Crippen LogP contribution in [0, 0.1) is 32.4 Å². The molecule has 0 amide bonds. The zero-order valence-electron chi connectivity index (χ0n) is 20.6. The quantitative estimate of drug-likeness (QED) is 0.307. The van der Waals surface area contributed by atoms with Crippen molar-refractivity contribution in [3.63, 3.8) is 0 Å². The van der Waals surface area contributed by atoms with Gasteiger partial charge in [0.15, 0.2) is 0 Å². The van der Waals surface area contributed by atoms with Crippen LogP contribution in [0.2, 0.25) is 5.02 Å². The zero-order valence-corrected chi connectivity index (χ0v) is 21.3. The highest BCUT2D eigenvalue weighted by Gasteiger charge is 2.18. The van der Waals surface area contributed by atoms with Crippen molar-refractivity contribution in [1.82, 2.24) is 19.5 Å². The molecule has 0 radical (unpaired) electrons. The number of hydrogen-bond donors (Lipinski definition) is 0. The van der Waals surface area contributed by atoms with E-state index in [0.29, 0.717) is 16.5 Å². The summed E-state index contributed by atoms with van der Waals surface area (Å²) in [4.78, 5) is 26.9. The van der Waals surface area contributed by atoms with Gasteiger partial charge in [-0.25, -0.2) is 18.7 Å². The van der Waals surface area contributed by atoms with Crippen LogP contribution in [0.1, 0.15) is 48.1 Å². The Labute approximate surface area is 212 Å². The first-order valence-electron chi connectivity index (χ1n) is 11.4. The van der Waals surface area contributed by atoms with Crippen molar-refractivity contribution in [2.75, 3.05) is 0 Å². The Morgan fingerprint density at radius 2 is 1.81 bits per heavy atom. The Balaban J connectivity index is 1.74. The van der Waals surface area contributed by atoms with E-state index in [4.69, 9.17) is 21.3 Å². The minimum absolute atomic E-state index is 0.0676. The first-order valence-corrected chi connectivity index (χ1v) is 11.8. The van der Waals surface area contributed by atoms with Gasteiger partial charge in [0, 0.05) is 29.3 Å². The summed E-state index contributed by atoms with van der Waals surface area (Å²) in [5.41, 5.74) is 2.88. The van der Waals surface area contributed by atoms with E-state index in [1.807, 2.05) is 26.8 Å². The van der Waals surface area contributed by atoms with E-state index >= 15 is 0 Å². The van der Waals surface area contributed by atoms with Gasteiger partial charge in [0.2, 0.25) is 5.88 Å². The predicted octanol–water partition coefficient (Wildman–Crippen LogP) is 6.25. The molecule has 9 heteroatoms. The van der Waals surface area contributed by atoms with Crippen LogP contribution in [-0.4, -0.2) is 19.5 Å². The summed E-state index contributed by atoms with van der Waals surface area (Å²) in [6.07, 6.45) is 1.78.